The zero-order valence-corrected chi connectivity index (χ0v) is 15.8. The van der Waals surface area contributed by atoms with Crippen molar-refractivity contribution in [1.82, 2.24) is 0 Å². The van der Waals surface area contributed by atoms with Crippen LogP contribution in [0.25, 0.3) is 0 Å². The second kappa shape index (κ2) is 15.0. The molecular weight excluding hydrogens is 319 g/mol. The van der Waals surface area contributed by atoms with Gasteiger partial charge in [-0.05, 0) is 0 Å². The summed E-state index contributed by atoms with van der Waals surface area (Å²) in [6.45, 7) is 4.45. The minimum atomic E-state index is 0. The van der Waals surface area contributed by atoms with Gasteiger partial charge in [0.1, 0.15) is 0 Å². The van der Waals surface area contributed by atoms with Crippen molar-refractivity contribution in [3.63, 3.8) is 0 Å². The predicted molar refractivity (Wildman–Crippen MR) is 87.7 cm³/mol. The molecule has 0 aliphatic rings. The fourth-order valence-electron chi connectivity index (χ4n) is 1.92. The van der Waals surface area contributed by atoms with E-state index in [1.807, 2.05) is 0 Å². The summed E-state index contributed by atoms with van der Waals surface area (Å²) >= 11 is 0. The third-order valence-corrected chi connectivity index (χ3v) is 3.10. The molecule has 0 heterocycles. The number of rotatable bonds is 6. The maximum absolute atomic E-state index is 2.23. The van der Waals surface area contributed by atoms with Crippen LogP contribution in [0.2, 0.25) is 0 Å². The van der Waals surface area contributed by atoms with Crippen molar-refractivity contribution in [2.75, 3.05) is 0 Å². The van der Waals surface area contributed by atoms with Crippen LogP contribution in [0.1, 0.15) is 50.7 Å². The number of hydrogen-bond donors (Lipinski definition) is 0. The van der Waals surface area contributed by atoms with Crippen LogP contribution < -0.4 is 0 Å². The van der Waals surface area contributed by atoms with E-state index in [1.165, 1.54) is 49.7 Å². The normalized spacial score (nSPS) is 8.90. The van der Waals surface area contributed by atoms with Gasteiger partial charge in [0.25, 0.3) is 0 Å². The molecular formula is C19H29Zr. The average molecular weight is 349 g/mol. The Morgan fingerprint density at radius 3 is 1.20 bits per heavy atom. The van der Waals surface area contributed by atoms with Crippen molar-refractivity contribution in [3.05, 3.63) is 67.1 Å². The molecule has 0 aliphatic heterocycles. The summed E-state index contributed by atoms with van der Waals surface area (Å²) in [4.78, 5) is 0. The first-order chi connectivity index (χ1) is 8.86. The van der Waals surface area contributed by atoms with Gasteiger partial charge in [0.05, 0.1) is 0 Å². The SMILES string of the molecule is CCCC[c-]1cccc1.CCCC[c-]1cccc1.[CH3-].[Zr+3]. The van der Waals surface area contributed by atoms with Crippen molar-refractivity contribution in [1.29, 1.82) is 0 Å². The summed E-state index contributed by atoms with van der Waals surface area (Å²) < 4.78 is 0. The molecule has 2 aromatic carbocycles. The zero-order valence-electron chi connectivity index (χ0n) is 13.4. The van der Waals surface area contributed by atoms with E-state index < -0.39 is 0 Å². The van der Waals surface area contributed by atoms with E-state index in [1.54, 1.807) is 0 Å². The van der Waals surface area contributed by atoms with E-state index in [9.17, 15) is 0 Å². The van der Waals surface area contributed by atoms with Crippen molar-refractivity contribution in [2.24, 2.45) is 0 Å². The number of unbranched alkanes of at least 4 members (excludes halogenated alkanes) is 2. The summed E-state index contributed by atoms with van der Waals surface area (Å²) in [5, 5.41) is 0. The molecule has 0 spiro atoms. The monoisotopic (exact) mass is 347 g/mol. The maximum atomic E-state index is 2.23. The molecule has 109 valence electrons. The largest absolute Gasteiger partial charge is 3.00 e. The van der Waals surface area contributed by atoms with Crippen molar-refractivity contribution in [2.45, 2.75) is 52.4 Å². The van der Waals surface area contributed by atoms with Crippen LogP contribution in [-0.4, -0.2) is 0 Å². The van der Waals surface area contributed by atoms with E-state index in [4.69, 9.17) is 0 Å². The standard InChI is InChI=1S/2C9H13.CH3.Zr/c2*1-2-3-6-9-7-4-5-8-9;;/h2*4-5,7-8H,2-3,6H2,1H3;1H3;/q3*-1;+3. The van der Waals surface area contributed by atoms with Crippen LogP contribution in [0.5, 0.6) is 0 Å². The zero-order chi connectivity index (χ0) is 13.1. The summed E-state index contributed by atoms with van der Waals surface area (Å²) in [7, 11) is 0. The van der Waals surface area contributed by atoms with Gasteiger partial charge in [-0.2, -0.15) is 35.4 Å². The molecule has 0 aliphatic carbocycles. The third-order valence-electron chi connectivity index (χ3n) is 3.10. The molecule has 0 nitrogen and oxygen atoms in total. The van der Waals surface area contributed by atoms with Crippen LogP contribution in [0.15, 0.2) is 48.5 Å². The van der Waals surface area contributed by atoms with Gasteiger partial charge in [0.15, 0.2) is 0 Å². The van der Waals surface area contributed by atoms with Crippen molar-refractivity contribution < 1.29 is 26.2 Å². The predicted octanol–water partition coefficient (Wildman–Crippen LogP) is 5.94. The second-order valence-corrected chi connectivity index (χ2v) is 4.79. The van der Waals surface area contributed by atoms with Crippen LogP contribution >= 0.6 is 0 Å². The molecule has 0 bridgehead atoms. The quantitative estimate of drug-likeness (QED) is 0.566. The van der Waals surface area contributed by atoms with Gasteiger partial charge in [-0.1, -0.05) is 52.4 Å². The Bertz CT molecular complexity index is 318. The number of aryl methyl sites for hydroxylation is 2. The van der Waals surface area contributed by atoms with Crippen LogP contribution in [0.4, 0.5) is 0 Å². The molecule has 0 aromatic heterocycles. The van der Waals surface area contributed by atoms with Gasteiger partial charge >= 0.3 is 26.2 Å². The summed E-state index contributed by atoms with van der Waals surface area (Å²) in [5.74, 6) is 0. The summed E-state index contributed by atoms with van der Waals surface area (Å²) in [6.07, 6.45) is 7.75. The molecule has 0 amide bonds. The molecule has 2 rings (SSSR count). The Morgan fingerprint density at radius 1 is 0.650 bits per heavy atom. The summed E-state index contributed by atoms with van der Waals surface area (Å²) in [5.41, 5.74) is 2.97. The summed E-state index contributed by atoms with van der Waals surface area (Å²) in [6, 6.07) is 17.2. The molecule has 20 heavy (non-hydrogen) atoms. The fraction of sp³-hybridized carbons (Fsp3) is 0.421. The van der Waals surface area contributed by atoms with E-state index in [0.29, 0.717) is 0 Å². The van der Waals surface area contributed by atoms with Gasteiger partial charge in [0.2, 0.25) is 0 Å². The van der Waals surface area contributed by atoms with E-state index in [-0.39, 0.29) is 33.6 Å². The first-order valence-electron chi connectivity index (χ1n) is 7.28. The molecule has 0 atom stereocenters. The first kappa shape index (κ1) is 21.9. The third kappa shape index (κ3) is 10.4. The topological polar surface area (TPSA) is 0 Å². The Hall–Kier alpha value is -0.417. The molecule has 0 saturated carbocycles. The Morgan fingerprint density at radius 2 is 0.950 bits per heavy atom. The van der Waals surface area contributed by atoms with E-state index in [0.717, 1.165) is 0 Å². The minimum Gasteiger partial charge on any atom is -0.358 e. The van der Waals surface area contributed by atoms with Crippen molar-refractivity contribution >= 4 is 0 Å². The second-order valence-electron chi connectivity index (χ2n) is 4.79. The van der Waals surface area contributed by atoms with E-state index >= 15 is 0 Å². The molecule has 0 N–H and O–H groups in total. The molecule has 0 unspecified atom stereocenters. The minimum absolute atomic E-state index is 0. The van der Waals surface area contributed by atoms with Gasteiger partial charge in [-0.3, -0.25) is 0 Å². The van der Waals surface area contributed by atoms with Crippen LogP contribution in [0.3, 0.4) is 0 Å². The number of hydrogen-bond acceptors (Lipinski definition) is 0. The average Bonchev–Trinajstić information content (AvgIpc) is 3.07. The van der Waals surface area contributed by atoms with Crippen LogP contribution in [0, 0.1) is 7.43 Å². The maximum Gasteiger partial charge on any atom is 3.00 e. The fourth-order valence-corrected chi connectivity index (χ4v) is 1.92. The van der Waals surface area contributed by atoms with Crippen molar-refractivity contribution in [3.8, 4) is 0 Å². The smallest absolute Gasteiger partial charge is 0.358 e. The molecule has 1 radical (unpaired) electrons. The van der Waals surface area contributed by atoms with Crippen LogP contribution in [-0.2, 0) is 39.0 Å². The molecule has 0 saturated heterocycles. The van der Waals surface area contributed by atoms with Gasteiger partial charge in [-0.25, -0.2) is 24.3 Å². The van der Waals surface area contributed by atoms with Gasteiger partial charge < -0.3 is 7.43 Å². The molecule has 2 aromatic rings. The molecule has 0 fully saturated rings. The van der Waals surface area contributed by atoms with Gasteiger partial charge in [-0.15, -0.1) is 0 Å². The van der Waals surface area contributed by atoms with Gasteiger partial charge in [0, 0.05) is 0 Å². The Balaban J connectivity index is 0. The molecule has 1 heteroatoms. The Kier molecular flexibility index (Phi) is 16.4. The first-order valence-corrected chi connectivity index (χ1v) is 7.28. The Labute approximate surface area is 145 Å². The van der Waals surface area contributed by atoms with E-state index in [2.05, 4.69) is 62.4 Å².